The van der Waals surface area contributed by atoms with Gasteiger partial charge in [-0.2, -0.15) is 0 Å². The number of carbonyl (C=O) groups excluding carboxylic acids is 1. The number of rotatable bonds is 5. The van der Waals surface area contributed by atoms with E-state index in [9.17, 15) is 4.79 Å². The third-order valence-electron chi connectivity index (χ3n) is 5.53. The van der Waals surface area contributed by atoms with Gasteiger partial charge in [-0.1, -0.05) is 43.2 Å². The Labute approximate surface area is 150 Å². The van der Waals surface area contributed by atoms with Gasteiger partial charge in [-0.05, 0) is 50.8 Å². The van der Waals surface area contributed by atoms with Crippen molar-refractivity contribution in [1.29, 1.82) is 0 Å². The fourth-order valence-corrected chi connectivity index (χ4v) is 3.97. The summed E-state index contributed by atoms with van der Waals surface area (Å²) in [6.45, 7) is 5.54. The molecule has 0 saturated heterocycles. The third-order valence-corrected chi connectivity index (χ3v) is 5.53. The highest BCUT2D eigenvalue weighted by molar-refractivity contribution is 5.96. The lowest BCUT2D eigenvalue weighted by Crippen LogP contribution is -2.44. The van der Waals surface area contributed by atoms with Gasteiger partial charge in [-0.3, -0.25) is 4.79 Å². The molecule has 1 aromatic heterocycles. The highest BCUT2D eigenvalue weighted by Gasteiger charge is 2.26. The maximum Gasteiger partial charge on any atom is 0.253 e. The van der Waals surface area contributed by atoms with Crippen LogP contribution in [0.2, 0.25) is 0 Å². The third kappa shape index (κ3) is 3.96. The summed E-state index contributed by atoms with van der Waals surface area (Å²) in [7, 11) is 0. The van der Waals surface area contributed by atoms with Crippen molar-refractivity contribution in [1.82, 2.24) is 9.88 Å². The molecule has 2 atom stereocenters. The first-order chi connectivity index (χ1) is 12.1. The van der Waals surface area contributed by atoms with E-state index in [1.165, 1.54) is 18.4 Å². The predicted octanol–water partition coefficient (Wildman–Crippen LogP) is 3.40. The van der Waals surface area contributed by atoms with Crippen LogP contribution in [-0.2, 0) is 6.54 Å². The van der Waals surface area contributed by atoms with Crippen LogP contribution < -0.4 is 11.1 Å². The van der Waals surface area contributed by atoms with Gasteiger partial charge in [0, 0.05) is 24.0 Å². The summed E-state index contributed by atoms with van der Waals surface area (Å²) in [5.74, 6) is 0.447. The van der Waals surface area contributed by atoms with Crippen LogP contribution in [-0.4, -0.2) is 23.1 Å². The van der Waals surface area contributed by atoms with Gasteiger partial charge in [-0.15, -0.1) is 0 Å². The molecule has 134 valence electrons. The van der Waals surface area contributed by atoms with Crippen LogP contribution in [0.15, 0.2) is 36.4 Å². The topological polar surface area (TPSA) is 60.1 Å². The van der Waals surface area contributed by atoms with Crippen LogP contribution in [0.3, 0.4) is 0 Å². The Balaban J connectivity index is 1.76. The lowest BCUT2D eigenvalue weighted by Gasteiger charge is -2.31. The average molecular weight is 339 g/mol. The monoisotopic (exact) mass is 339 g/mol. The number of nitrogens with one attached hydrogen (secondary N) is 1. The van der Waals surface area contributed by atoms with Crippen molar-refractivity contribution >= 4 is 5.91 Å². The van der Waals surface area contributed by atoms with Gasteiger partial charge in [0.05, 0.1) is 5.56 Å². The fourth-order valence-electron chi connectivity index (χ4n) is 3.97. The zero-order valence-electron chi connectivity index (χ0n) is 15.3. The minimum absolute atomic E-state index is 0.0396. The molecule has 0 radical (unpaired) electrons. The number of amides is 1. The second-order valence-corrected chi connectivity index (χ2v) is 7.22. The van der Waals surface area contributed by atoms with Crippen LogP contribution >= 0.6 is 0 Å². The Kier molecular flexibility index (Phi) is 5.59. The SMILES string of the molecule is Cc1cc(C(=O)NC2CCCCC2CN)c(C)n1Cc1ccccc1. The van der Waals surface area contributed by atoms with E-state index in [2.05, 4.69) is 28.9 Å². The number of hydrogen-bond donors (Lipinski definition) is 2. The van der Waals surface area contributed by atoms with E-state index >= 15 is 0 Å². The maximum atomic E-state index is 12.8. The summed E-state index contributed by atoms with van der Waals surface area (Å²) >= 11 is 0. The lowest BCUT2D eigenvalue weighted by molar-refractivity contribution is 0.0907. The van der Waals surface area contributed by atoms with Gasteiger partial charge >= 0.3 is 0 Å². The average Bonchev–Trinajstić information content (AvgIpc) is 2.91. The molecule has 1 aliphatic rings. The number of hydrogen-bond acceptors (Lipinski definition) is 2. The lowest BCUT2D eigenvalue weighted by atomic mass is 9.84. The first-order valence-electron chi connectivity index (χ1n) is 9.31. The molecule has 1 aromatic carbocycles. The molecule has 3 N–H and O–H groups in total. The maximum absolute atomic E-state index is 12.8. The number of nitrogens with two attached hydrogens (primary N) is 1. The van der Waals surface area contributed by atoms with E-state index in [0.717, 1.165) is 36.3 Å². The molecule has 1 aliphatic carbocycles. The normalized spacial score (nSPS) is 20.4. The summed E-state index contributed by atoms with van der Waals surface area (Å²) < 4.78 is 2.21. The molecule has 4 nitrogen and oxygen atoms in total. The fraction of sp³-hybridized carbons (Fsp3) is 0.476. The van der Waals surface area contributed by atoms with Crippen LogP contribution in [0.5, 0.6) is 0 Å². The molecule has 0 spiro atoms. The molecular weight excluding hydrogens is 310 g/mol. The predicted molar refractivity (Wildman–Crippen MR) is 102 cm³/mol. The number of aromatic nitrogens is 1. The molecule has 1 fully saturated rings. The molecule has 2 aromatic rings. The van der Waals surface area contributed by atoms with Gasteiger partial charge in [0.15, 0.2) is 0 Å². The van der Waals surface area contributed by atoms with Crippen molar-refractivity contribution < 1.29 is 4.79 Å². The minimum Gasteiger partial charge on any atom is -0.349 e. The van der Waals surface area contributed by atoms with E-state index in [4.69, 9.17) is 5.73 Å². The Morgan fingerprint density at radius 1 is 1.20 bits per heavy atom. The molecule has 2 unspecified atom stereocenters. The summed E-state index contributed by atoms with van der Waals surface area (Å²) in [5.41, 5.74) is 10.1. The first kappa shape index (κ1) is 17.7. The summed E-state index contributed by atoms with van der Waals surface area (Å²) in [6.07, 6.45) is 4.55. The minimum atomic E-state index is 0.0396. The number of carbonyl (C=O) groups is 1. The molecular formula is C21H29N3O. The van der Waals surface area contributed by atoms with Crippen molar-refractivity contribution in [3.05, 3.63) is 58.9 Å². The molecule has 1 amide bonds. The van der Waals surface area contributed by atoms with Crippen molar-refractivity contribution in [2.45, 2.75) is 52.1 Å². The molecule has 3 rings (SSSR count). The van der Waals surface area contributed by atoms with Crippen LogP contribution in [0.25, 0.3) is 0 Å². The van der Waals surface area contributed by atoms with Crippen molar-refractivity contribution in [3.63, 3.8) is 0 Å². The summed E-state index contributed by atoms with van der Waals surface area (Å²) in [5, 5.41) is 3.25. The van der Waals surface area contributed by atoms with E-state index in [1.807, 2.05) is 31.2 Å². The number of benzene rings is 1. The van der Waals surface area contributed by atoms with Gasteiger partial charge in [0.1, 0.15) is 0 Å². The molecule has 1 saturated carbocycles. The van der Waals surface area contributed by atoms with Crippen LogP contribution in [0.4, 0.5) is 0 Å². The number of aryl methyl sites for hydroxylation is 1. The highest BCUT2D eigenvalue weighted by atomic mass is 16.1. The van der Waals surface area contributed by atoms with E-state index in [1.54, 1.807) is 0 Å². The molecule has 0 bridgehead atoms. The standard InChI is InChI=1S/C21H29N3O/c1-15-12-19(16(2)24(15)14-17-8-4-3-5-9-17)21(25)23-20-11-7-6-10-18(20)13-22/h3-5,8-9,12,18,20H,6-7,10-11,13-14,22H2,1-2H3,(H,23,25). The first-order valence-corrected chi connectivity index (χ1v) is 9.31. The van der Waals surface area contributed by atoms with Crippen molar-refractivity contribution in [2.24, 2.45) is 11.7 Å². The van der Waals surface area contributed by atoms with Crippen molar-refractivity contribution in [2.75, 3.05) is 6.54 Å². The zero-order chi connectivity index (χ0) is 17.8. The highest BCUT2D eigenvalue weighted by Crippen LogP contribution is 2.24. The van der Waals surface area contributed by atoms with Crippen LogP contribution in [0, 0.1) is 19.8 Å². The second-order valence-electron chi connectivity index (χ2n) is 7.22. The van der Waals surface area contributed by atoms with Gasteiger partial charge in [0.25, 0.3) is 5.91 Å². The van der Waals surface area contributed by atoms with Crippen LogP contribution in [0.1, 0.15) is 53.0 Å². The Morgan fingerprint density at radius 2 is 1.92 bits per heavy atom. The quantitative estimate of drug-likeness (QED) is 0.877. The van der Waals surface area contributed by atoms with E-state index < -0.39 is 0 Å². The molecule has 4 heteroatoms. The zero-order valence-corrected chi connectivity index (χ0v) is 15.3. The van der Waals surface area contributed by atoms with Gasteiger partial charge in [0.2, 0.25) is 0 Å². The largest absolute Gasteiger partial charge is 0.349 e. The van der Waals surface area contributed by atoms with E-state index in [0.29, 0.717) is 12.5 Å². The smallest absolute Gasteiger partial charge is 0.253 e. The van der Waals surface area contributed by atoms with Crippen molar-refractivity contribution in [3.8, 4) is 0 Å². The van der Waals surface area contributed by atoms with Gasteiger partial charge in [-0.25, -0.2) is 0 Å². The summed E-state index contributed by atoms with van der Waals surface area (Å²) in [4.78, 5) is 12.8. The Bertz CT molecular complexity index is 720. The number of nitrogens with zero attached hydrogens (tertiary/aromatic N) is 1. The Morgan fingerprint density at radius 3 is 2.64 bits per heavy atom. The molecule has 0 aliphatic heterocycles. The second kappa shape index (κ2) is 7.87. The summed E-state index contributed by atoms with van der Waals surface area (Å²) in [6, 6.07) is 12.6. The Hall–Kier alpha value is -2.07. The molecule has 1 heterocycles. The molecule has 25 heavy (non-hydrogen) atoms. The van der Waals surface area contributed by atoms with E-state index in [-0.39, 0.29) is 11.9 Å². The van der Waals surface area contributed by atoms with Gasteiger partial charge < -0.3 is 15.6 Å².